The molecule has 0 aliphatic heterocycles. The molecule has 3 rings (SSSR count). The van der Waals surface area contributed by atoms with Gasteiger partial charge in [-0.2, -0.15) is 0 Å². The number of carbonyl (C=O) groups is 1. The van der Waals surface area contributed by atoms with Crippen molar-refractivity contribution in [1.29, 1.82) is 0 Å². The van der Waals surface area contributed by atoms with Gasteiger partial charge >= 0.3 is 0 Å². The van der Waals surface area contributed by atoms with E-state index in [-0.39, 0.29) is 5.91 Å². The first-order valence-corrected chi connectivity index (χ1v) is 9.48. The third-order valence-electron chi connectivity index (χ3n) is 4.19. The van der Waals surface area contributed by atoms with E-state index < -0.39 is 0 Å². The second kappa shape index (κ2) is 7.74. The van der Waals surface area contributed by atoms with Crippen molar-refractivity contribution < 1.29 is 9.21 Å². The predicted molar refractivity (Wildman–Crippen MR) is 102 cm³/mol. The minimum atomic E-state index is 0.0781. The number of para-hydroxylation sites is 1. The number of hydrogen-bond donors (Lipinski definition) is 0. The molecule has 0 unspecified atom stereocenters. The van der Waals surface area contributed by atoms with E-state index in [2.05, 4.69) is 4.98 Å². The summed E-state index contributed by atoms with van der Waals surface area (Å²) in [5.74, 6) is 0.792. The first-order valence-electron chi connectivity index (χ1n) is 8.49. The minimum Gasteiger partial charge on any atom is -0.431 e. The SMILES string of the molecule is CCN(CC)C(=O)c1cccc(CSc2nc3c(C)cccc3o2)c1. The van der Waals surface area contributed by atoms with Gasteiger partial charge in [-0.25, -0.2) is 4.98 Å². The maximum absolute atomic E-state index is 12.5. The molecule has 0 fully saturated rings. The van der Waals surface area contributed by atoms with Gasteiger partial charge in [-0.1, -0.05) is 36.0 Å². The number of nitrogens with zero attached hydrogens (tertiary/aromatic N) is 2. The molecular formula is C20H22N2O2S. The standard InChI is InChI=1S/C20H22N2O2S/c1-4-22(5-2)19(23)16-10-7-9-15(12-16)13-25-20-21-18-14(3)8-6-11-17(18)24-20/h6-12H,4-5,13H2,1-3H3. The van der Waals surface area contributed by atoms with Crippen molar-refractivity contribution in [3.8, 4) is 0 Å². The molecule has 1 amide bonds. The van der Waals surface area contributed by atoms with Crippen molar-refractivity contribution in [2.24, 2.45) is 0 Å². The molecule has 1 aromatic heterocycles. The Balaban J connectivity index is 1.73. The van der Waals surface area contributed by atoms with Crippen LogP contribution in [-0.2, 0) is 5.75 Å². The Morgan fingerprint density at radius 2 is 1.92 bits per heavy atom. The van der Waals surface area contributed by atoms with Crippen LogP contribution in [0.3, 0.4) is 0 Å². The summed E-state index contributed by atoms with van der Waals surface area (Å²) in [6, 6.07) is 13.7. The molecule has 5 heteroatoms. The maximum Gasteiger partial charge on any atom is 0.257 e. The van der Waals surface area contributed by atoms with Gasteiger partial charge in [-0.05, 0) is 50.1 Å². The zero-order valence-corrected chi connectivity index (χ0v) is 15.6. The highest BCUT2D eigenvalue weighted by atomic mass is 32.2. The molecule has 1 heterocycles. The Morgan fingerprint density at radius 1 is 1.16 bits per heavy atom. The van der Waals surface area contributed by atoms with Gasteiger partial charge in [0.05, 0.1) is 0 Å². The van der Waals surface area contributed by atoms with Gasteiger partial charge in [0.25, 0.3) is 11.1 Å². The largest absolute Gasteiger partial charge is 0.431 e. The Labute approximate surface area is 152 Å². The average Bonchev–Trinajstić information content (AvgIpc) is 3.06. The van der Waals surface area contributed by atoms with E-state index in [1.54, 1.807) is 11.8 Å². The number of hydrogen-bond acceptors (Lipinski definition) is 4. The molecule has 25 heavy (non-hydrogen) atoms. The van der Waals surface area contributed by atoms with Crippen LogP contribution in [0.25, 0.3) is 11.1 Å². The lowest BCUT2D eigenvalue weighted by Gasteiger charge is -2.18. The fraction of sp³-hybridized carbons (Fsp3) is 0.300. The van der Waals surface area contributed by atoms with Crippen LogP contribution in [0.4, 0.5) is 0 Å². The molecule has 0 aliphatic rings. The van der Waals surface area contributed by atoms with Crippen molar-refractivity contribution in [2.45, 2.75) is 31.7 Å². The van der Waals surface area contributed by atoms with Gasteiger partial charge in [0.15, 0.2) is 5.58 Å². The van der Waals surface area contributed by atoms with Crippen LogP contribution in [0.15, 0.2) is 52.1 Å². The van der Waals surface area contributed by atoms with Crippen molar-refractivity contribution in [2.75, 3.05) is 13.1 Å². The van der Waals surface area contributed by atoms with Crippen LogP contribution in [-0.4, -0.2) is 28.9 Å². The number of thioether (sulfide) groups is 1. The lowest BCUT2D eigenvalue weighted by molar-refractivity contribution is 0.0773. The van der Waals surface area contributed by atoms with E-state index in [9.17, 15) is 4.79 Å². The molecular weight excluding hydrogens is 332 g/mol. The smallest absolute Gasteiger partial charge is 0.257 e. The number of oxazole rings is 1. The summed E-state index contributed by atoms with van der Waals surface area (Å²) in [6.07, 6.45) is 0. The van der Waals surface area contributed by atoms with Crippen molar-refractivity contribution >= 4 is 28.8 Å². The van der Waals surface area contributed by atoms with Crippen molar-refractivity contribution in [3.63, 3.8) is 0 Å². The molecule has 0 aliphatic carbocycles. The highest BCUT2D eigenvalue weighted by Crippen LogP contribution is 2.28. The quantitative estimate of drug-likeness (QED) is 0.590. The molecule has 130 valence electrons. The molecule has 0 spiro atoms. The van der Waals surface area contributed by atoms with Gasteiger partial charge in [0.2, 0.25) is 0 Å². The molecule has 3 aromatic rings. The topological polar surface area (TPSA) is 46.3 Å². The summed E-state index contributed by atoms with van der Waals surface area (Å²) >= 11 is 1.55. The summed E-state index contributed by atoms with van der Waals surface area (Å²) in [5.41, 5.74) is 4.65. The van der Waals surface area contributed by atoms with E-state index in [0.717, 1.165) is 40.9 Å². The number of carbonyl (C=O) groups excluding carboxylic acids is 1. The summed E-state index contributed by atoms with van der Waals surface area (Å²) in [7, 11) is 0. The highest BCUT2D eigenvalue weighted by Gasteiger charge is 2.13. The van der Waals surface area contributed by atoms with Crippen LogP contribution >= 0.6 is 11.8 Å². The summed E-state index contributed by atoms with van der Waals surface area (Å²) in [4.78, 5) is 18.9. The van der Waals surface area contributed by atoms with Crippen LogP contribution in [0, 0.1) is 6.92 Å². The Hall–Kier alpha value is -2.27. The van der Waals surface area contributed by atoms with Gasteiger partial charge in [0, 0.05) is 24.4 Å². The first-order chi connectivity index (χ1) is 12.1. The predicted octanol–water partition coefficient (Wildman–Crippen LogP) is 4.91. The van der Waals surface area contributed by atoms with Gasteiger partial charge < -0.3 is 9.32 Å². The zero-order chi connectivity index (χ0) is 17.8. The Morgan fingerprint density at radius 3 is 2.64 bits per heavy atom. The normalized spacial score (nSPS) is 11.0. The number of benzene rings is 2. The van der Waals surface area contributed by atoms with Crippen LogP contribution < -0.4 is 0 Å². The maximum atomic E-state index is 12.5. The van der Waals surface area contributed by atoms with Crippen molar-refractivity contribution in [3.05, 3.63) is 59.2 Å². The summed E-state index contributed by atoms with van der Waals surface area (Å²) in [5, 5.41) is 0.657. The van der Waals surface area contributed by atoms with E-state index in [4.69, 9.17) is 4.42 Å². The molecule has 0 saturated heterocycles. The molecule has 2 aromatic carbocycles. The minimum absolute atomic E-state index is 0.0781. The lowest BCUT2D eigenvalue weighted by atomic mass is 10.1. The third kappa shape index (κ3) is 3.87. The average molecular weight is 354 g/mol. The van der Waals surface area contributed by atoms with E-state index >= 15 is 0 Å². The van der Waals surface area contributed by atoms with Crippen molar-refractivity contribution in [1.82, 2.24) is 9.88 Å². The number of aryl methyl sites for hydroxylation is 1. The number of rotatable bonds is 6. The van der Waals surface area contributed by atoms with Crippen LogP contribution in [0.2, 0.25) is 0 Å². The van der Waals surface area contributed by atoms with Gasteiger partial charge in [-0.3, -0.25) is 4.79 Å². The molecule has 4 nitrogen and oxygen atoms in total. The van der Waals surface area contributed by atoms with E-state index in [1.807, 2.05) is 68.1 Å². The molecule has 0 atom stereocenters. The second-order valence-electron chi connectivity index (χ2n) is 5.87. The fourth-order valence-corrected chi connectivity index (χ4v) is 3.53. The van der Waals surface area contributed by atoms with Gasteiger partial charge in [-0.15, -0.1) is 0 Å². The number of fused-ring (bicyclic) bond motifs is 1. The first kappa shape index (κ1) is 17.5. The molecule has 0 radical (unpaired) electrons. The lowest BCUT2D eigenvalue weighted by Crippen LogP contribution is -2.30. The van der Waals surface area contributed by atoms with Crippen LogP contribution in [0.1, 0.15) is 35.3 Å². The monoisotopic (exact) mass is 354 g/mol. The van der Waals surface area contributed by atoms with E-state index in [1.165, 1.54) is 0 Å². The van der Waals surface area contributed by atoms with Gasteiger partial charge in [0.1, 0.15) is 5.52 Å². The third-order valence-corrected chi connectivity index (χ3v) is 5.09. The summed E-state index contributed by atoms with van der Waals surface area (Å²) < 4.78 is 5.80. The molecule has 0 saturated carbocycles. The van der Waals surface area contributed by atoms with Crippen LogP contribution in [0.5, 0.6) is 0 Å². The Kier molecular flexibility index (Phi) is 5.43. The zero-order valence-electron chi connectivity index (χ0n) is 14.8. The highest BCUT2D eigenvalue weighted by molar-refractivity contribution is 7.98. The number of amides is 1. The number of aromatic nitrogens is 1. The second-order valence-corrected chi connectivity index (χ2v) is 6.79. The molecule has 0 bridgehead atoms. The van der Waals surface area contributed by atoms with E-state index in [0.29, 0.717) is 11.0 Å². The Bertz CT molecular complexity index is 884. The summed E-state index contributed by atoms with van der Waals surface area (Å²) in [6.45, 7) is 7.46. The fourth-order valence-electron chi connectivity index (χ4n) is 2.76. The molecule has 0 N–H and O–H groups in total.